The summed E-state index contributed by atoms with van der Waals surface area (Å²) in [4.78, 5) is 2.87. The molecule has 0 saturated carbocycles. The molecule has 1 aliphatic heterocycles. The SMILES string of the molecule is Cc1nn(C)c(N2CCCC(C(C)C)CC2)c1C(N)=S. The fourth-order valence-corrected chi connectivity index (χ4v) is 3.54. The number of rotatable bonds is 3. The molecular weight excluding hydrogens is 268 g/mol. The number of nitrogens with zero attached hydrogens (tertiary/aromatic N) is 3. The number of aryl methyl sites for hydroxylation is 2. The molecule has 1 fully saturated rings. The highest BCUT2D eigenvalue weighted by molar-refractivity contribution is 7.80. The predicted molar refractivity (Wildman–Crippen MR) is 88.2 cm³/mol. The largest absolute Gasteiger partial charge is 0.389 e. The highest BCUT2D eigenvalue weighted by Crippen LogP contribution is 2.29. The van der Waals surface area contributed by atoms with Crippen LogP contribution in [0.1, 0.15) is 44.4 Å². The minimum Gasteiger partial charge on any atom is -0.389 e. The van der Waals surface area contributed by atoms with Crippen LogP contribution in [0.15, 0.2) is 0 Å². The lowest BCUT2D eigenvalue weighted by molar-refractivity contribution is 0.351. The third kappa shape index (κ3) is 2.97. The van der Waals surface area contributed by atoms with Gasteiger partial charge in [-0.1, -0.05) is 26.1 Å². The van der Waals surface area contributed by atoms with Crippen LogP contribution >= 0.6 is 12.2 Å². The molecule has 1 aromatic heterocycles. The Labute approximate surface area is 127 Å². The van der Waals surface area contributed by atoms with E-state index in [1.807, 2.05) is 18.7 Å². The van der Waals surface area contributed by atoms with Gasteiger partial charge in [-0.05, 0) is 38.0 Å². The van der Waals surface area contributed by atoms with Crippen LogP contribution in [0.5, 0.6) is 0 Å². The van der Waals surface area contributed by atoms with Gasteiger partial charge in [0.1, 0.15) is 10.8 Å². The van der Waals surface area contributed by atoms with E-state index < -0.39 is 0 Å². The van der Waals surface area contributed by atoms with Crippen molar-refractivity contribution in [2.45, 2.75) is 40.0 Å². The summed E-state index contributed by atoms with van der Waals surface area (Å²) in [5, 5.41) is 4.50. The van der Waals surface area contributed by atoms with E-state index in [-0.39, 0.29) is 0 Å². The van der Waals surface area contributed by atoms with Gasteiger partial charge in [0.05, 0.1) is 11.3 Å². The van der Waals surface area contributed by atoms with Gasteiger partial charge < -0.3 is 10.6 Å². The van der Waals surface area contributed by atoms with Crippen molar-refractivity contribution in [3.8, 4) is 0 Å². The molecular formula is C15H26N4S. The second kappa shape index (κ2) is 6.12. The Balaban J connectivity index is 2.26. The minimum absolute atomic E-state index is 0.454. The summed E-state index contributed by atoms with van der Waals surface area (Å²) < 4.78 is 1.93. The second-order valence-electron chi connectivity index (χ2n) is 6.19. The molecule has 0 aliphatic carbocycles. The number of anilines is 1. The number of hydrogen-bond donors (Lipinski definition) is 1. The smallest absolute Gasteiger partial charge is 0.137 e. The van der Waals surface area contributed by atoms with Crippen LogP contribution < -0.4 is 10.6 Å². The van der Waals surface area contributed by atoms with Crippen molar-refractivity contribution in [1.29, 1.82) is 0 Å². The van der Waals surface area contributed by atoms with Crippen molar-refractivity contribution < 1.29 is 0 Å². The summed E-state index contributed by atoms with van der Waals surface area (Å²) in [6, 6.07) is 0. The Bertz CT molecular complexity index is 492. The van der Waals surface area contributed by atoms with Gasteiger partial charge in [-0.3, -0.25) is 4.68 Å². The molecule has 20 heavy (non-hydrogen) atoms. The van der Waals surface area contributed by atoms with Crippen LogP contribution in [0, 0.1) is 18.8 Å². The normalized spacial score (nSPS) is 20.2. The predicted octanol–water partition coefficient (Wildman–Crippen LogP) is 2.63. The van der Waals surface area contributed by atoms with Crippen molar-refractivity contribution in [3.63, 3.8) is 0 Å². The van der Waals surface area contributed by atoms with Crippen LogP contribution in [0.3, 0.4) is 0 Å². The third-order valence-corrected chi connectivity index (χ3v) is 4.66. The van der Waals surface area contributed by atoms with E-state index in [2.05, 4.69) is 23.8 Å². The summed E-state index contributed by atoms with van der Waals surface area (Å²) in [5.41, 5.74) is 7.78. The fraction of sp³-hybridized carbons (Fsp3) is 0.733. The van der Waals surface area contributed by atoms with E-state index in [1.54, 1.807) is 0 Å². The Hall–Kier alpha value is -1.10. The highest BCUT2D eigenvalue weighted by atomic mass is 32.1. The third-order valence-electron chi connectivity index (χ3n) is 4.45. The van der Waals surface area contributed by atoms with Crippen LogP contribution in [0.2, 0.25) is 0 Å². The van der Waals surface area contributed by atoms with Gasteiger partial charge in [0.25, 0.3) is 0 Å². The average Bonchev–Trinajstić information content (AvgIpc) is 2.54. The van der Waals surface area contributed by atoms with Crippen molar-refractivity contribution >= 4 is 23.0 Å². The molecule has 1 saturated heterocycles. The molecule has 1 atom stereocenters. The van der Waals surface area contributed by atoms with Crippen LogP contribution in [0.25, 0.3) is 0 Å². The van der Waals surface area contributed by atoms with Crippen LogP contribution in [-0.2, 0) is 7.05 Å². The monoisotopic (exact) mass is 294 g/mol. The van der Waals surface area contributed by atoms with E-state index >= 15 is 0 Å². The summed E-state index contributed by atoms with van der Waals surface area (Å²) in [5.74, 6) is 2.68. The minimum atomic E-state index is 0.454. The maximum absolute atomic E-state index is 5.90. The molecule has 0 radical (unpaired) electrons. The Morgan fingerprint density at radius 1 is 1.35 bits per heavy atom. The summed E-state index contributed by atoms with van der Waals surface area (Å²) >= 11 is 5.22. The number of aromatic nitrogens is 2. The van der Waals surface area contributed by atoms with Crippen molar-refractivity contribution in [2.75, 3.05) is 18.0 Å². The molecule has 2 heterocycles. The van der Waals surface area contributed by atoms with Crippen molar-refractivity contribution in [1.82, 2.24) is 9.78 Å². The quantitative estimate of drug-likeness (QED) is 0.871. The van der Waals surface area contributed by atoms with Crippen molar-refractivity contribution in [2.24, 2.45) is 24.6 Å². The zero-order valence-corrected chi connectivity index (χ0v) is 13.8. The van der Waals surface area contributed by atoms with Gasteiger partial charge >= 0.3 is 0 Å². The van der Waals surface area contributed by atoms with Crippen LogP contribution in [-0.4, -0.2) is 27.9 Å². The molecule has 0 aromatic carbocycles. The molecule has 2 N–H and O–H groups in total. The summed E-state index contributed by atoms with van der Waals surface area (Å²) in [6.45, 7) is 8.77. The Morgan fingerprint density at radius 2 is 2.05 bits per heavy atom. The first-order valence-electron chi connectivity index (χ1n) is 7.50. The molecule has 5 heteroatoms. The summed E-state index contributed by atoms with van der Waals surface area (Å²) in [6.07, 6.45) is 3.77. The first-order valence-corrected chi connectivity index (χ1v) is 7.91. The lowest BCUT2D eigenvalue weighted by Crippen LogP contribution is -2.29. The zero-order chi connectivity index (χ0) is 14.9. The van der Waals surface area contributed by atoms with E-state index in [9.17, 15) is 0 Å². The lowest BCUT2D eigenvalue weighted by atomic mass is 9.89. The van der Waals surface area contributed by atoms with Gasteiger partial charge in [-0.15, -0.1) is 0 Å². The molecule has 1 unspecified atom stereocenters. The number of thiocarbonyl (C=S) groups is 1. The molecule has 0 spiro atoms. The highest BCUT2D eigenvalue weighted by Gasteiger charge is 2.25. The summed E-state index contributed by atoms with van der Waals surface area (Å²) in [7, 11) is 1.98. The van der Waals surface area contributed by atoms with Gasteiger partial charge in [-0.25, -0.2) is 0 Å². The first-order chi connectivity index (χ1) is 9.41. The molecule has 1 aliphatic rings. The maximum Gasteiger partial charge on any atom is 0.137 e. The molecule has 1 aromatic rings. The molecule has 2 rings (SSSR count). The lowest BCUT2D eigenvalue weighted by Gasteiger charge is -2.24. The average molecular weight is 294 g/mol. The van der Waals surface area contributed by atoms with E-state index in [0.29, 0.717) is 4.99 Å². The second-order valence-corrected chi connectivity index (χ2v) is 6.63. The fourth-order valence-electron chi connectivity index (χ4n) is 3.30. The first kappa shape index (κ1) is 15.3. The van der Waals surface area contributed by atoms with Crippen molar-refractivity contribution in [3.05, 3.63) is 11.3 Å². The Kier molecular flexibility index (Phi) is 4.68. The molecule has 0 bridgehead atoms. The molecule has 0 amide bonds. The number of nitrogens with two attached hydrogens (primary N) is 1. The van der Waals surface area contributed by atoms with Crippen LogP contribution in [0.4, 0.5) is 5.82 Å². The van der Waals surface area contributed by atoms with Gasteiger partial charge in [0, 0.05) is 20.1 Å². The molecule has 4 nitrogen and oxygen atoms in total. The zero-order valence-electron chi connectivity index (χ0n) is 13.0. The van der Waals surface area contributed by atoms with E-state index in [0.717, 1.165) is 42.0 Å². The number of hydrogen-bond acceptors (Lipinski definition) is 3. The topological polar surface area (TPSA) is 47.1 Å². The van der Waals surface area contributed by atoms with Gasteiger partial charge in [0.2, 0.25) is 0 Å². The van der Waals surface area contributed by atoms with Gasteiger partial charge in [-0.2, -0.15) is 5.10 Å². The standard InChI is InChI=1S/C15H26N4S/c1-10(2)12-6-5-8-19(9-7-12)15-13(14(16)20)11(3)17-18(15)4/h10,12H,5-9H2,1-4H3,(H2,16,20). The van der Waals surface area contributed by atoms with Gasteiger partial charge in [0.15, 0.2) is 0 Å². The maximum atomic E-state index is 5.90. The molecule has 112 valence electrons. The van der Waals surface area contributed by atoms with E-state index in [4.69, 9.17) is 18.0 Å². The Morgan fingerprint density at radius 3 is 2.65 bits per heavy atom. The van der Waals surface area contributed by atoms with E-state index in [1.165, 1.54) is 19.3 Å².